The largest absolute Gasteiger partial charge is 0.300 e. The Kier molecular flexibility index (Phi) is 2.68. The van der Waals surface area contributed by atoms with Crippen molar-refractivity contribution in [3.63, 3.8) is 0 Å². The van der Waals surface area contributed by atoms with E-state index in [-0.39, 0.29) is 5.60 Å². The third kappa shape index (κ3) is 1.66. The van der Waals surface area contributed by atoms with Crippen molar-refractivity contribution in [2.75, 3.05) is 19.6 Å². The normalized spacial score (nSPS) is 41.2. The lowest BCUT2D eigenvalue weighted by molar-refractivity contribution is -0.138. The fourth-order valence-electron chi connectivity index (χ4n) is 3.34. The highest BCUT2D eigenvalue weighted by atomic mass is 16.7. The van der Waals surface area contributed by atoms with Gasteiger partial charge in [-0.25, -0.2) is 0 Å². The molecule has 16 heavy (non-hydrogen) atoms. The zero-order valence-corrected chi connectivity index (χ0v) is 10.2. The van der Waals surface area contributed by atoms with E-state index in [9.17, 15) is 0 Å². The molecule has 4 aliphatic heterocycles. The lowest BCUT2D eigenvalue weighted by atomic mass is 9.75. The number of piperidine rings is 3. The van der Waals surface area contributed by atoms with E-state index in [1.165, 1.54) is 44.5 Å². The number of rotatable bonds is 3. The van der Waals surface area contributed by atoms with Gasteiger partial charge in [0.25, 0.3) is 0 Å². The van der Waals surface area contributed by atoms with Gasteiger partial charge in [-0.3, -0.25) is 15.2 Å². The maximum atomic E-state index is 5.94. The Morgan fingerprint density at radius 3 is 2.94 bits per heavy atom. The molecule has 3 saturated heterocycles. The van der Waals surface area contributed by atoms with Crippen LogP contribution in [0.2, 0.25) is 0 Å². The second-order valence-electron chi connectivity index (χ2n) is 5.48. The van der Waals surface area contributed by atoms with Crippen molar-refractivity contribution in [2.45, 2.75) is 44.6 Å². The standard InChI is InChI=1S/C13H22N2O/c1-2-3-4-12-9-13(16-14-12)10-15-7-5-11(13)6-8-15/h9,11,14H,2-8,10H2,1H3. The average molecular weight is 222 g/mol. The van der Waals surface area contributed by atoms with Gasteiger partial charge < -0.3 is 0 Å². The molecule has 0 aromatic rings. The molecule has 1 atom stereocenters. The van der Waals surface area contributed by atoms with Crippen molar-refractivity contribution in [1.82, 2.24) is 10.4 Å². The number of hydroxylamine groups is 1. The number of hydrogen-bond acceptors (Lipinski definition) is 3. The summed E-state index contributed by atoms with van der Waals surface area (Å²) in [5.74, 6) is 0.740. The molecular weight excluding hydrogens is 200 g/mol. The van der Waals surface area contributed by atoms with Gasteiger partial charge in [0.2, 0.25) is 0 Å². The lowest BCUT2D eigenvalue weighted by Gasteiger charge is -2.49. The summed E-state index contributed by atoms with van der Waals surface area (Å²) in [4.78, 5) is 8.48. The zero-order chi connectivity index (χ0) is 11.0. The minimum Gasteiger partial charge on any atom is -0.300 e. The molecule has 0 radical (unpaired) electrons. The van der Waals surface area contributed by atoms with E-state index >= 15 is 0 Å². The Labute approximate surface area is 97.8 Å². The van der Waals surface area contributed by atoms with Crippen LogP contribution >= 0.6 is 0 Å². The Balaban J connectivity index is 1.72. The molecule has 4 rings (SSSR count). The van der Waals surface area contributed by atoms with Gasteiger partial charge in [-0.05, 0) is 50.8 Å². The Morgan fingerprint density at radius 2 is 2.31 bits per heavy atom. The molecule has 3 fully saturated rings. The van der Waals surface area contributed by atoms with Crippen LogP contribution in [0.4, 0.5) is 0 Å². The van der Waals surface area contributed by atoms with Crippen LogP contribution in [0.3, 0.4) is 0 Å². The van der Waals surface area contributed by atoms with Gasteiger partial charge in [0, 0.05) is 12.2 Å². The van der Waals surface area contributed by atoms with Gasteiger partial charge >= 0.3 is 0 Å². The van der Waals surface area contributed by atoms with Gasteiger partial charge in [0.1, 0.15) is 5.60 Å². The highest BCUT2D eigenvalue weighted by Crippen LogP contribution is 2.41. The molecule has 1 N–H and O–H groups in total. The summed E-state index contributed by atoms with van der Waals surface area (Å²) in [6.45, 7) is 5.88. The first-order chi connectivity index (χ1) is 7.82. The molecule has 0 saturated carbocycles. The topological polar surface area (TPSA) is 24.5 Å². The summed E-state index contributed by atoms with van der Waals surface area (Å²) in [5, 5.41) is 0. The van der Waals surface area contributed by atoms with Crippen molar-refractivity contribution in [1.29, 1.82) is 0 Å². The van der Waals surface area contributed by atoms with Gasteiger partial charge in [-0.1, -0.05) is 13.3 Å². The van der Waals surface area contributed by atoms with Gasteiger partial charge in [-0.15, -0.1) is 0 Å². The maximum Gasteiger partial charge on any atom is 0.131 e. The van der Waals surface area contributed by atoms with Crippen LogP contribution in [0.15, 0.2) is 11.8 Å². The molecule has 3 nitrogen and oxygen atoms in total. The zero-order valence-electron chi connectivity index (χ0n) is 10.2. The molecular formula is C13H22N2O. The molecule has 2 bridgehead atoms. The molecule has 1 spiro atoms. The quantitative estimate of drug-likeness (QED) is 0.791. The van der Waals surface area contributed by atoms with Crippen LogP contribution in [-0.4, -0.2) is 30.1 Å². The van der Waals surface area contributed by atoms with E-state index < -0.39 is 0 Å². The fourth-order valence-corrected chi connectivity index (χ4v) is 3.34. The summed E-state index contributed by atoms with van der Waals surface area (Å²) >= 11 is 0. The van der Waals surface area contributed by atoms with Crippen LogP contribution in [0.5, 0.6) is 0 Å². The molecule has 4 aliphatic rings. The van der Waals surface area contributed by atoms with Crippen LogP contribution < -0.4 is 5.48 Å². The number of unbranched alkanes of at least 4 members (excludes halogenated alkanes) is 1. The second-order valence-corrected chi connectivity index (χ2v) is 5.48. The Bertz CT molecular complexity index is 294. The first-order valence-corrected chi connectivity index (χ1v) is 6.70. The summed E-state index contributed by atoms with van der Waals surface area (Å²) < 4.78 is 0. The first-order valence-electron chi connectivity index (χ1n) is 6.70. The van der Waals surface area contributed by atoms with Crippen molar-refractivity contribution in [2.24, 2.45) is 5.92 Å². The van der Waals surface area contributed by atoms with E-state index in [0.717, 1.165) is 18.9 Å². The molecule has 0 aromatic carbocycles. The Hall–Kier alpha value is -0.540. The molecule has 4 heterocycles. The fraction of sp³-hybridized carbons (Fsp3) is 0.846. The van der Waals surface area contributed by atoms with Gasteiger partial charge in [-0.2, -0.15) is 0 Å². The van der Waals surface area contributed by atoms with E-state index in [2.05, 4.69) is 23.4 Å². The van der Waals surface area contributed by atoms with E-state index in [0.29, 0.717) is 0 Å². The van der Waals surface area contributed by atoms with Gasteiger partial charge in [0.15, 0.2) is 0 Å². The third-order valence-corrected chi connectivity index (χ3v) is 4.34. The van der Waals surface area contributed by atoms with Crippen molar-refractivity contribution in [3.8, 4) is 0 Å². The highest BCUT2D eigenvalue weighted by molar-refractivity contribution is 5.20. The van der Waals surface area contributed by atoms with Crippen molar-refractivity contribution < 1.29 is 4.84 Å². The van der Waals surface area contributed by atoms with Crippen molar-refractivity contribution in [3.05, 3.63) is 11.8 Å². The molecule has 0 aromatic heterocycles. The molecule has 90 valence electrons. The molecule has 1 unspecified atom stereocenters. The Morgan fingerprint density at radius 1 is 1.50 bits per heavy atom. The number of fused-ring (bicyclic) bond motifs is 2. The SMILES string of the molecule is CCCCC1=CC2(CN3CCC2CC3)ON1. The number of hydrogen-bond donors (Lipinski definition) is 1. The summed E-state index contributed by atoms with van der Waals surface area (Å²) in [7, 11) is 0. The number of nitrogens with zero attached hydrogens (tertiary/aromatic N) is 1. The van der Waals surface area contributed by atoms with E-state index in [4.69, 9.17) is 4.84 Å². The molecule has 0 aliphatic carbocycles. The number of nitrogens with one attached hydrogen (secondary N) is 1. The summed E-state index contributed by atoms with van der Waals surface area (Å²) in [5.41, 5.74) is 4.50. The minimum absolute atomic E-state index is 0.0135. The maximum absolute atomic E-state index is 5.94. The highest BCUT2D eigenvalue weighted by Gasteiger charge is 2.49. The predicted octanol–water partition coefficient (Wildman–Crippen LogP) is 2.06. The monoisotopic (exact) mass is 222 g/mol. The van der Waals surface area contributed by atoms with Gasteiger partial charge in [0.05, 0.1) is 0 Å². The molecule has 0 amide bonds. The van der Waals surface area contributed by atoms with Crippen LogP contribution in [0.25, 0.3) is 0 Å². The average Bonchev–Trinajstić information content (AvgIpc) is 2.71. The molecule has 3 heteroatoms. The van der Waals surface area contributed by atoms with E-state index in [1.54, 1.807) is 0 Å². The smallest absolute Gasteiger partial charge is 0.131 e. The third-order valence-electron chi connectivity index (χ3n) is 4.34. The van der Waals surface area contributed by atoms with Crippen LogP contribution in [0.1, 0.15) is 39.0 Å². The second kappa shape index (κ2) is 4.04. The minimum atomic E-state index is 0.0135. The van der Waals surface area contributed by atoms with Crippen LogP contribution in [-0.2, 0) is 4.84 Å². The van der Waals surface area contributed by atoms with E-state index in [1.807, 2.05) is 0 Å². The number of allylic oxidation sites excluding steroid dienone is 1. The predicted molar refractivity (Wildman–Crippen MR) is 63.7 cm³/mol. The lowest BCUT2D eigenvalue weighted by Crippen LogP contribution is -2.58. The summed E-state index contributed by atoms with van der Waals surface area (Å²) in [6, 6.07) is 0. The summed E-state index contributed by atoms with van der Waals surface area (Å²) in [6.07, 6.45) is 8.65. The van der Waals surface area contributed by atoms with Crippen molar-refractivity contribution >= 4 is 0 Å². The first kappa shape index (κ1) is 10.6. The van der Waals surface area contributed by atoms with Crippen LogP contribution in [0, 0.1) is 5.92 Å².